The lowest BCUT2D eigenvalue weighted by atomic mass is 10.0. The summed E-state index contributed by atoms with van der Waals surface area (Å²) in [5, 5.41) is 25.2. The first-order chi connectivity index (χ1) is 30.4. The maximum absolute atomic E-state index is 13.3. The Morgan fingerprint density at radius 2 is 1.03 bits per heavy atom. The number of nitrogens with zero attached hydrogens (tertiary/aromatic N) is 4. The van der Waals surface area contributed by atoms with Crippen LogP contribution in [-0.2, 0) is 30.9 Å². The summed E-state index contributed by atoms with van der Waals surface area (Å²) in [5.74, 6) is 0.321. The number of nitrogens with one attached hydrogen (secondary N) is 2. The number of likely N-dealkylation sites (tertiary alicyclic amines) is 2. The number of amides is 4. The summed E-state index contributed by atoms with van der Waals surface area (Å²) in [6.07, 6.45) is 3.67. The van der Waals surface area contributed by atoms with Gasteiger partial charge in [0.15, 0.2) is 0 Å². The minimum absolute atomic E-state index is 0.119. The quantitative estimate of drug-likeness (QED) is 0.0997. The molecule has 0 atom stereocenters. The van der Waals surface area contributed by atoms with Crippen LogP contribution >= 0.6 is 0 Å². The van der Waals surface area contributed by atoms with E-state index in [1.807, 2.05) is 34.1 Å². The Morgan fingerprint density at radius 1 is 0.688 bits per heavy atom. The fourth-order valence-electron chi connectivity index (χ4n) is 7.20. The molecule has 0 bridgehead atoms. The van der Waals surface area contributed by atoms with Gasteiger partial charge in [-0.05, 0) is 164 Å². The number of carbonyl (C=O) groups is 2. The number of phenols is 1. The second kappa shape index (κ2) is 23.6. The number of halogens is 2. The number of benzene rings is 4. The number of phenolic OH excluding ortho intramolecular Hbond substituents is 1. The lowest BCUT2D eigenvalue weighted by Gasteiger charge is -2.37. The molecule has 4 aromatic rings. The maximum Gasteiger partial charge on any atom is 0.318 e. The number of piperidine rings is 2. The van der Waals surface area contributed by atoms with Crippen molar-refractivity contribution in [2.75, 3.05) is 53.5 Å². The molecule has 3 heterocycles. The van der Waals surface area contributed by atoms with Gasteiger partial charge in [-0.2, -0.15) is 0 Å². The van der Waals surface area contributed by atoms with Crippen molar-refractivity contribution in [3.8, 4) is 11.5 Å². The first-order valence-electron chi connectivity index (χ1n) is 22.2. The summed E-state index contributed by atoms with van der Waals surface area (Å²) in [4.78, 5) is 34.3. The smallest absolute Gasteiger partial charge is 0.318 e. The average Bonchev–Trinajstić information content (AvgIpc) is 3.98. The Labute approximate surface area is 378 Å². The van der Waals surface area contributed by atoms with Crippen LogP contribution in [0, 0.1) is 11.6 Å². The number of aromatic hydroxyl groups is 1. The Morgan fingerprint density at radius 3 is 1.38 bits per heavy atom. The molecule has 14 heteroatoms. The molecule has 4 amide bonds. The Bertz CT molecular complexity index is 2010. The van der Waals surface area contributed by atoms with E-state index in [1.54, 1.807) is 62.4 Å². The molecule has 0 unspecified atom stereocenters. The molecule has 7 rings (SSSR count). The van der Waals surface area contributed by atoms with Gasteiger partial charge in [-0.1, -0.05) is 48.5 Å². The summed E-state index contributed by atoms with van der Waals surface area (Å²) in [5.41, 5.74) is 3.06. The van der Waals surface area contributed by atoms with Crippen LogP contribution in [0.25, 0.3) is 0 Å². The fraction of sp³-hybridized carbons (Fsp3) is 0.480. The minimum Gasteiger partial charge on any atom is -0.508 e. The van der Waals surface area contributed by atoms with Gasteiger partial charge >= 0.3 is 12.1 Å². The van der Waals surface area contributed by atoms with E-state index < -0.39 is 5.60 Å². The molecular weight excluding hydrogens is 819 g/mol. The Balaban J connectivity index is 0.000000219. The van der Waals surface area contributed by atoms with Gasteiger partial charge in [-0.25, -0.2) is 18.4 Å². The lowest BCUT2D eigenvalue weighted by molar-refractivity contribution is 0.0285. The predicted molar refractivity (Wildman–Crippen MR) is 246 cm³/mol. The molecule has 0 radical (unpaired) electrons. The number of ether oxygens (including phenoxy) is 2. The first kappa shape index (κ1) is 49.7. The molecule has 3 aliphatic rings. The van der Waals surface area contributed by atoms with Gasteiger partial charge in [0.05, 0.1) is 17.8 Å². The van der Waals surface area contributed by atoms with E-state index >= 15 is 0 Å². The zero-order valence-corrected chi connectivity index (χ0v) is 38.4. The van der Waals surface area contributed by atoms with Crippen molar-refractivity contribution >= 4 is 12.1 Å². The second-order valence-corrected chi connectivity index (χ2v) is 18.4. The SMILES string of the molecule is CC1(C)CO1.CN1CCC(N(Cc2ccc(F)cc2)C(=O)NCc2ccc(O)cc2)CC1.CN1CCC(N(Cc2ccc(F)cc2)C(=O)NCc2ccc(OCC(C)(C)O)cc2)CC1. The van der Waals surface area contributed by atoms with Gasteiger partial charge in [0, 0.05) is 38.3 Å². The monoisotopic (exact) mass is 887 g/mol. The van der Waals surface area contributed by atoms with Crippen LogP contribution in [0.2, 0.25) is 0 Å². The average molecular weight is 887 g/mol. The van der Waals surface area contributed by atoms with Crippen LogP contribution in [0.3, 0.4) is 0 Å². The molecule has 12 nitrogen and oxygen atoms in total. The van der Waals surface area contributed by atoms with Crippen LogP contribution in [0.5, 0.6) is 11.5 Å². The van der Waals surface area contributed by atoms with Crippen LogP contribution in [-0.4, -0.2) is 119 Å². The molecule has 3 fully saturated rings. The highest BCUT2D eigenvalue weighted by molar-refractivity contribution is 5.75. The number of aliphatic hydroxyl groups is 1. The molecular formula is C50H68F2N6O6. The Kier molecular flexibility index (Phi) is 18.3. The van der Waals surface area contributed by atoms with Crippen molar-refractivity contribution in [2.45, 2.75) is 103 Å². The number of carbonyl (C=O) groups excluding carboxylic acids is 2. The fourth-order valence-corrected chi connectivity index (χ4v) is 7.20. The third kappa shape index (κ3) is 17.7. The van der Waals surface area contributed by atoms with Crippen molar-refractivity contribution < 1.29 is 38.1 Å². The van der Waals surface area contributed by atoms with Crippen LogP contribution in [0.4, 0.5) is 18.4 Å². The second-order valence-electron chi connectivity index (χ2n) is 18.4. The number of epoxide rings is 1. The highest BCUT2D eigenvalue weighted by Gasteiger charge is 2.32. The molecule has 3 aliphatic heterocycles. The van der Waals surface area contributed by atoms with E-state index in [-0.39, 0.29) is 53.7 Å². The highest BCUT2D eigenvalue weighted by atomic mass is 19.1. The van der Waals surface area contributed by atoms with E-state index in [0.29, 0.717) is 31.9 Å². The minimum atomic E-state index is -0.894. The van der Waals surface area contributed by atoms with Gasteiger partial charge in [0.25, 0.3) is 0 Å². The molecule has 0 saturated carbocycles. The molecule has 0 aliphatic carbocycles. The standard InChI is InChI=1S/C25H34FN3O3.C21H26FN3O2.C4H8O/c1-25(2,31)18-32-23-10-6-19(7-11-23)16-27-24(30)29(22-12-14-28(3)15-13-22)17-20-4-8-21(26)9-5-20;1-24-12-10-19(11-13-24)25(15-17-2-6-18(22)7-3-17)21(27)23-14-16-4-8-20(26)9-5-16;1-4(2)3-5-4/h4-11,22,31H,12-18H2,1-3H3,(H,27,30);2-9,19,26H,10-15H2,1H3,(H,23,27);3H2,1-2H3. The van der Waals surface area contributed by atoms with Crippen LogP contribution in [0.1, 0.15) is 75.6 Å². The molecule has 348 valence electrons. The molecule has 4 N–H and O–H groups in total. The van der Waals surface area contributed by atoms with Gasteiger partial charge in [0.2, 0.25) is 0 Å². The molecule has 64 heavy (non-hydrogen) atoms. The van der Waals surface area contributed by atoms with Gasteiger partial charge in [-0.3, -0.25) is 0 Å². The summed E-state index contributed by atoms with van der Waals surface area (Å²) >= 11 is 0. The Hall–Kier alpha value is -5.28. The van der Waals surface area contributed by atoms with Gasteiger partial charge < -0.3 is 49.9 Å². The zero-order valence-electron chi connectivity index (χ0n) is 38.4. The summed E-state index contributed by atoms with van der Waals surface area (Å²) in [6, 6.07) is 27.0. The highest BCUT2D eigenvalue weighted by Crippen LogP contribution is 2.24. The van der Waals surface area contributed by atoms with Crippen molar-refractivity contribution in [2.24, 2.45) is 0 Å². The molecule has 4 aromatic carbocycles. The van der Waals surface area contributed by atoms with Crippen LogP contribution in [0.15, 0.2) is 97.1 Å². The third-order valence-electron chi connectivity index (χ3n) is 11.4. The van der Waals surface area contributed by atoms with Gasteiger partial charge in [-0.15, -0.1) is 0 Å². The van der Waals surface area contributed by atoms with E-state index in [0.717, 1.165) is 80.7 Å². The summed E-state index contributed by atoms with van der Waals surface area (Å²) < 4.78 is 37.0. The van der Waals surface area contributed by atoms with Crippen molar-refractivity contribution in [3.05, 3.63) is 131 Å². The summed E-state index contributed by atoms with van der Waals surface area (Å²) in [7, 11) is 4.18. The maximum atomic E-state index is 13.3. The number of hydrogen-bond donors (Lipinski definition) is 4. The number of urea groups is 2. The number of rotatable bonds is 13. The van der Waals surface area contributed by atoms with E-state index in [4.69, 9.17) is 9.47 Å². The zero-order chi connectivity index (χ0) is 46.3. The van der Waals surface area contributed by atoms with E-state index in [2.05, 4.69) is 48.4 Å². The lowest BCUT2D eigenvalue weighted by Crippen LogP contribution is -2.49. The van der Waals surface area contributed by atoms with Crippen molar-refractivity contribution in [1.82, 2.24) is 30.2 Å². The van der Waals surface area contributed by atoms with E-state index in [9.17, 15) is 28.6 Å². The predicted octanol–water partition coefficient (Wildman–Crippen LogP) is 7.91. The van der Waals surface area contributed by atoms with Crippen molar-refractivity contribution in [3.63, 3.8) is 0 Å². The topological polar surface area (TPSA) is 133 Å². The molecule has 0 aromatic heterocycles. The normalized spacial score (nSPS) is 16.6. The van der Waals surface area contributed by atoms with Gasteiger partial charge in [0.1, 0.15) is 29.7 Å². The third-order valence-corrected chi connectivity index (χ3v) is 11.4. The van der Waals surface area contributed by atoms with E-state index in [1.165, 1.54) is 24.3 Å². The molecule has 0 spiro atoms. The summed E-state index contributed by atoms with van der Waals surface area (Å²) in [6.45, 7) is 14.2. The first-order valence-corrected chi connectivity index (χ1v) is 22.2. The molecule has 3 saturated heterocycles. The number of hydrogen-bond acceptors (Lipinski definition) is 8. The largest absolute Gasteiger partial charge is 0.508 e. The van der Waals surface area contributed by atoms with Crippen molar-refractivity contribution in [1.29, 1.82) is 0 Å². The van der Waals surface area contributed by atoms with Crippen LogP contribution < -0.4 is 15.4 Å².